The molecular formula is C16H20N4O4. The second-order valence-electron chi connectivity index (χ2n) is 5.79. The van der Waals surface area contributed by atoms with Crippen molar-refractivity contribution in [3.63, 3.8) is 0 Å². The Bertz CT molecular complexity index is 686. The van der Waals surface area contributed by atoms with Gasteiger partial charge in [-0.15, -0.1) is 0 Å². The van der Waals surface area contributed by atoms with E-state index in [1.165, 1.54) is 0 Å². The smallest absolute Gasteiger partial charge is 0.308 e. The van der Waals surface area contributed by atoms with Crippen molar-refractivity contribution in [2.45, 2.75) is 19.3 Å². The minimum Gasteiger partial charge on any atom is -0.481 e. The maximum absolute atomic E-state index is 11.2. The third kappa shape index (κ3) is 3.70. The highest BCUT2D eigenvalue weighted by Crippen LogP contribution is 2.24. The fourth-order valence-corrected chi connectivity index (χ4v) is 2.75. The van der Waals surface area contributed by atoms with Crippen LogP contribution in [0.15, 0.2) is 22.9 Å². The minimum atomic E-state index is -0.745. The second kappa shape index (κ2) is 7.39. The molecule has 0 saturated carbocycles. The number of hydrogen-bond donors (Lipinski definition) is 1. The van der Waals surface area contributed by atoms with Gasteiger partial charge in [0.1, 0.15) is 5.82 Å². The first-order valence-corrected chi connectivity index (χ1v) is 7.93. The lowest BCUT2D eigenvalue weighted by atomic mass is 9.98. The van der Waals surface area contributed by atoms with Crippen LogP contribution in [0.25, 0.3) is 11.5 Å². The molecule has 0 radical (unpaired) electrons. The second-order valence-corrected chi connectivity index (χ2v) is 5.79. The zero-order valence-corrected chi connectivity index (χ0v) is 13.5. The fourth-order valence-electron chi connectivity index (χ4n) is 2.75. The predicted octanol–water partition coefficient (Wildman–Crippen LogP) is 1.62. The van der Waals surface area contributed by atoms with E-state index in [-0.39, 0.29) is 5.92 Å². The van der Waals surface area contributed by atoms with E-state index < -0.39 is 5.97 Å². The molecule has 0 aliphatic carbocycles. The Hall–Kier alpha value is -2.48. The molecule has 0 bridgehead atoms. The summed E-state index contributed by atoms with van der Waals surface area (Å²) in [6.45, 7) is 1.84. The van der Waals surface area contributed by atoms with Gasteiger partial charge in [0.2, 0.25) is 0 Å². The standard InChI is InChI=1S/C16H20N4O4/c1-23-8-6-13-18-15(24-19-13)11-4-5-14(17-9-11)20-7-2-3-12(10-20)16(21)22/h4-5,9,12H,2-3,6-8,10H2,1H3,(H,21,22). The molecule has 8 heteroatoms. The summed E-state index contributed by atoms with van der Waals surface area (Å²) in [6, 6.07) is 3.72. The number of piperidine rings is 1. The van der Waals surface area contributed by atoms with E-state index in [0.717, 1.165) is 30.8 Å². The van der Waals surface area contributed by atoms with Gasteiger partial charge < -0.3 is 19.3 Å². The van der Waals surface area contributed by atoms with Crippen molar-refractivity contribution in [3.05, 3.63) is 24.2 Å². The van der Waals surface area contributed by atoms with Gasteiger partial charge in [0, 0.05) is 32.8 Å². The van der Waals surface area contributed by atoms with Crippen molar-refractivity contribution in [2.24, 2.45) is 5.92 Å². The van der Waals surface area contributed by atoms with E-state index in [9.17, 15) is 9.90 Å². The van der Waals surface area contributed by atoms with E-state index in [1.807, 2.05) is 17.0 Å². The molecule has 8 nitrogen and oxygen atoms in total. The molecule has 2 aromatic heterocycles. The third-order valence-corrected chi connectivity index (χ3v) is 4.09. The first-order chi connectivity index (χ1) is 11.7. The summed E-state index contributed by atoms with van der Waals surface area (Å²) in [5.41, 5.74) is 0.738. The van der Waals surface area contributed by atoms with Gasteiger partial charge in [-0.3, -0.25) is 4.79 Å². The van der Waals surface area contributed by atoms with Crippen LogP contribution in [0.2, 0.25) is 0 Å². The van der Waals surface area contributed by atoms with Crippen LogP contribution in [0.1, 0.15) is 18.7 Å². The van der Waals surface area contributed by atoms with Crippen molar-refractivity contribution in [3.8, 4) is 11.5 Å². The van der Waals surface area contributed by atoms with E-state index in [0.29, 0.717) is 31.3 Å². The molecule has 1 N–H and O–H groups in total. The minimum absolute atomic E-state index is 0.334. The largest absolute Gasteiger partial charge is 0.481 e. The number of aliphatic carboxylic acids is 1. The summed E-state index contributed by atoms with van der Waals surface area (Å²) in [4.78, 5) is 21.9. The van der Waals surface area contributed by atoms with E-state index >= 15 is 0 Å². The molecule has 2 aromatic rings. The Kier molecular flexibility index (Phi) is 5.05. The number of hydrogen-bond acceptors (Lipinski definition) is 7. The van der Waals surface area contributed by atoms with Crippen LogP contribution in [0.3, 0.4) is 0 Å². The lowest BCUT2D eigenvalue weighted by molar-refractivity contribution is -0.141. The molecule has 0 spiro atoms. The highest BCUT2D eigenvalue weighted by Gasteiger charge is 2.26. The number of methoxy groups -OCH3 is 1. The van der Waals surface area contributed by atoms with E-state index in [4.69, 9.17) is 9.26 Å². The molecule has 3 rings (SSSR count). The Labute approximate surface area is 139 Å². The van der Waals surface area contributed by atoms with Crippen LogP contribution in [0.5, 0.6) is 0 Å². The first kappa shape index (κ1) is 16.4. The van der Waals surface area contributed by atoms with Crippen LogP contribution in [0.4, 0.5) is 5.82 Å². The highest BCUT2D eigenvalue weighted by molar-refractivity contribution is 5.71. The van der Waals surface area contributed by atoms with Crippen LogP contribution < -0.4 is 4.90 Å². The molecule has 1 atom stereocenters. The molecule has 128 valence electrons. The molecule has 24 heavy (non-hydrogen) atoms. The predicted molar refractivity (Wildman–Crippen MR) is 85.7 cm³/mol. The number of nitrogens with zero attached hydrogens (tertiary/aromatic N) is 4. The number of anilines is 1. The van der Waals surface area contributed by atoms with Crippen LogP contribution in [-0.2, 0) is 16.0 Å². The van der Waals surface area contributed by atoms with Gasteiger partial charge in [0.05, 0.1) is 18.1 Å². The zero-order valence-electron chi connectivity index (χ0n) is 13.5. The molecule has 1 aliphatic rings. The lowest BCUT2D eigenvalue weighted by Crippen LogP contribution is -2.39. The van der Waals surface area contributed by atoms with Crippen LogP contribution in [-0.4, -0.2) is 53.0 Å². The average molecular weight is 332 g/mol. The SMILES string of the molecule is COCCc1noc(-c2ccc(N3CCCC(C(=O)O)C3)nc2)n1. The number of carboxylic acid groups (broad SMARTS) is 1. The molecule has 1 unspecified atom stereocenters. The monoisotopic (exact) mass is 332 g/mol. The van der Waals surface area contributed by atoms with Crippen molar-refractivity contribution < 1.29 is 19.2 Å². The van der Waals surface area contributed by atoms with Crippen LogP contribution in [0, 0.1) is 5.92 Å². The van der Waals surface area contributed by atoms with Gasteiger partial charge in [-0.05, 0) is 25.0 Å². The lowest BCUT2D eigenvalue weighted by Gasteiger charge is -2.31. The number of carboxylic acids is 1. The Balaban J connectivity index is 1.69. The maximum Gasteiger partial charge on any atom is 0.308 e. The topological polar surface area (TPSA) is 102 Å². The van der Waals surface area contributed by atoms with E-state index in [1.54, 1.807) is 13.3 Å². The quantitative estimate of drug-likeness (QED) is 0.851. The van der Waals surface area contributed by atoms with Gasteiger partial charge in [-0.2, -0.15) is 4.98 Å². The van der Waals surface area contributed by atoms with Gasteiger partial charge in [-0.25, -0.2) is 4.98 Å². The average Bonchev–Trinajstić information content (AvgIpc) is 3.09. The molecule has 0 aromatic carbocycles. The van der Waals surface area contributed by atoms with E-state index in [2.05, 4.69) is 15.1 Å². The maximum atomic E-state index is 11.2. The Morgan fingerprint density at radius 3 is 3.08 bits per heavy atom. The van der Waals surface area contributed by atoms with Gasteiger partial charge in [0.25, 0.3) is 5.89 Å². The van der Waals surface area contributed by atoms with Crippen LogP contribution >= 0.6 is 0 Å². The summed E-state index contributed by atoms with van der Waals surface area (Å²) in [6.07, 6.45) is 3.84. The number of rotatable bonds is 6. The summed E-state index contributed by atoms with van der Waals surface area (Å²) in [5.74, 6) is 0.701. The van der Waals surface area contributed by atoms with Gasteiger partial charge >= 0.3 is 5.97 Å². The van der Waals surface area contributed by atoms with Crippen molar-refractivity contribution in [1.29, 1.82) is 0 Å². The zero-order chi connectivity index (χ0) is 16.9. The third-order valence-electron chi connectivity index (χ3n) is 4.09. The normalized spacial score (nSPS) is 17.9. The van der Waals surface area contributed by atoms with Gasteiger partial charge in [-0.1, -0.05) is 5.16 Å². The van der Waals surface area contributed by atoms with Crippen molar-refractivity contribution in [1.82, 2.24) is 15.1 Å². The molecule has 1 aliphatic heterocycles. The van der Waals surface area contributed by atoms with Gasteiger partial charge in [0.15, 0.2) is 5.82 Å². The number of carbonyl (C=O) groups is 1. The summed E-state index contributed by atoms with van der Waals surface area (Å²) >= 11 is 0. The molecule has 1 fully saturated rings. The summed E-state index contributed by atoms with van der Waals surface area (Å²) in [7, 11) is 1.62. The number of aromatic nitrogens is 3. The molecule has 1 saturated heterocycles. The molecule has 3 heterocycles. The summed E-state index contributed by atoms with van der Waals surface area (Å²) < 4.78 is 10.2. The molecule has 0 amide bonds. The molecular weight excluding hydrogens is 312 g/mol. The van der Waals surface area contributed by atoms with Crippen molar-refractivity contribution >= 4 is 11.8 Å². The fraction of sp³-hybridized carbons (Fsp3) is 0.500. The first-order valence-electron chi connectivity index (χ1n) is 7.93. The summed E-state index contributed by atoms with van der Waals surface area (Å²) in [5, 5.41) is 13.1. The number of pyridine rings is 1. The highest BCUT2D eigenvalue weighted by atomic mass is 16.5. The Morgan fingerprint density at radius 2 is 2.38 bits per heavy atom. The van der Waals surface area contributed by atoms with Crippen molar-refractivity contribution in [2.75, 3.05) is 31.7 Å². The Morgan fingerprint density at radius 1 is 1.50 bits per heavy atom. The number of ether oxygens (including phenoxy) is 1.